The Morgan fingerprint density at radius 3 is 2.18 bits per heavy atom. The molecule has 0 aromatic heterocycles. The molecule has 4 rings (SSSR count). The predicted molar refractivity (Wildman–Crippen MR) is 122 cm³/mol. The minimum absolute atomic E-state index is 0.0142. The Morgan fingerprint density at radius 1 is 0.941 bits per heavy atom. The molecule has 172 valence electrons. The number of anilines is 1. The van der Waals surface area contributed by atoms with Crippen molar-refractivity contribution in [1.29, 1.82) is 0 Å². The van der Waals surface area contributed by atoms with Crippen molar-refractivity contribution in [2.45, 2.75) is 12.5 Å². The molecule has 1 aliphatic heterocycles. The van der Waals surface area contributed by atoms with Crippen LogP contribution in [0.5, 0.6) is 0 Å². The first kappa shape index (κ1) is 23.1. The first-order chi connectivity index (χ1) is 16.3. The molecule has 9 heteroatoms. The van der Waals surface area contributed by atoms with Gasteiger partial charge in [-0.1, -0.05) is 54.1 Å². The first-order valence-electron chi connectivity index (χ1n) is 10.3. The summed E-state index contributed by atoms with van der Waals surface area (Å²) in [6.07, 6.45) is 0.0142. The fraction of sp³-hybridized carbons (Fsp3) is 0.120. The number of carbonyl (C=O) groups is 4. The molecule has 3 amide bonds. The quantitative estimate of drug-likeness (QED) is 0.409. The molecule has 0 bridgehead atoms. The fourth-order valence-corrected chi connectivity index (χ4v) is 3.79. The molecule has 0 saturated carbocycles. The normalized spacial score (nSPS) is 13.4. The lowest BCUT2D eigenvalue weighted by Crippen LogP contribution is -2.47. The number of imide groups is 1. The molecule has 0 aliphatic carbocycles. The molecule has 3 aromatic rings. The molecule has 34 heavy (non-hydrogen) atoms. The summed E-state index contributed by atoms with van der Waals surface area (Å²) in [4.78, 5) is 52.0. The Kier molecular flexibility index (Phi) is 6.70. The van der Waals surface area contributed by atoms with Crippen molar-refractivity contribution in [1.82, 2.24) is 4.90 Å². The summed E-state index contributed by atoms with van der Waals surface area (Å²) in [7, 11) is 0. The van der Waals surface area contributed by atoms with E-state index < -0.39 is 42.2 Å². The Hall–Kier alpha value is -4.04. The van der Waals surface area contributed by atoms with E-state index in [1.165, 1.54) is 24.3 Å². The van der Waals surface area contributed by atoms with Crippen LogP contribution in [0.2, 0.25) is 5.02 Å². The highest BCUT2D eigenvalue weighted by Crippen LogP contribution is 2.26. The van der Waals surface area contributed by atoms with Gasteiger partial charge in [0.25, 0.3) is 17.7 Å². The number of benzene rings is 3. The van der Waals surface area contributed by atoms with Crippen LogP contribution in [0, 0.1) is 5.82 Å². The first-order valence-corrected chi connectivity index (χ1v) is 10.7. The van der Waals surface area contributed by atoms with Gasteiger partial charge in [0.1, 0.15) is 11.9 Å². The number of halogens is 2. The third-order valence-corrected chi connectivity index (χ3v) is 5.52. The van der Waals surface area contributed by atoms with Gasteiger partial charge in [0, 0.05) is 12.1 Å². The van der Waals surface area contributed by atoms with Crippen LogP contribution in [0.25, 0.3) is 0 Å². The SMILES string of the molecule is O=C(COC(=O)[C@H](Cc1ccccc1)N1C(=O)c2ccccc2C1=O)Nc1ccc(F)c(Cl)c1. The molecule has 1 N–H and O–H groups in total. The Bertz CT molecular complexity index is 1250. The number of fused-ring (bicyclic) bond motifs is 1. The Balaban J connectivity index is 1.50. The molecule has 1 atom stereocenters. The molecule has 0 fully saturated rings. The van der Waals surface area contributed by atoms with Crippen molar-refractivity contribution in [2.75, 3.05) is 11.9 Å². The summed E-state index contributed by atoms with van der Waals surface area (Å²) < 4.78 is 18.5. The number of esters is 1. The van der Waals surface area contributed by atoms with Crippen LogP contribution in [0.3, 0.4) is 0 Å². The number of rotatable bonds is 7. The molecule has 0 spiro atoms. The lowest BCUT2D eigenvalue weighted by Gasteiger charge is -2.24. The van der Waals surface area contributed by atoms with Crippen molar-refractivity contribution in [3.8, 4) is 0 Å². The van der Waals surface area contributed by atoms with Crippen molar-refractivity contribution in [2.24, 2.45) is 0 Å². The topological polar surface area (TPSA) is 92.8 Å². The van der Waals surface area contributed by atoms with Crippen molar-refractivity contribution in [3.05, 3.63) is 100 Å². The minimum atomic E-state index is -1.28. The average Bonchev–Trinajstić information content (AvgIpc) is 3.09. The van der Waals surface area contributed by atoms with Gasteiger partial charge in [-0.05, 0) is 35.9 Å². The number of hydrogen-bond donors (Lipinski definition) is 1. The second kappa shape index (κ2) is 9.84. The zero-order valence-electron chi connectivity index (χ0n) is 17.7. The van der Waals surface area contributed by atoms with Crippen LogP contribution >= 0.6 is 11.6 Å². The minimum Gasteiger partial charge on any atom is -0.454 e. The maximum Gasteiger partial charge on any atom is 0.330 e. The second-order valence-corrected chi connectivity index (χ2v) is 7.92. The lowest BCUT2D eigenvalue weighted by atomic mass is 10.0. The average molecular weight is 481 g/mol. The Morgan fingerprint density at radius 2 is 1.56 bits per heavy atom. The number of ether oxygens (including phenoxy) is 1. The highest BCUT2D eigenvalue weighted by Gasteiger charge is 2.43. The second-order valence-electron chi connectivity index (χ2n) is 7.52. The van der Waals surface area contributed by atoms with Gasteiger partial charge in [0.15, 0.2) is 6.61 Å². The van der Waals surface area contributed by atoms with Crippen LogP contribution in [0.1, 0.15) is 26.3 Å². The molecule has 0 unspecified atom stereocenters. The van der Waals surface area contributed by atoms with E-state index in [0.717, 1.165) is 11.0 Å². The number of hydrogen-bond acceptors (Lipinski definition) is 5. The molecule has 1 heterocycles. The van der Waals surface area contributed by atoms with Crippen LogP contribution in [-0.2, 0) is 20.7 Å². The third kappa shape index (κ3) is 4.82. The van der Waals surface area contributed by atoms with E-state index in [4.69, 9.17) is 16.3 Å². The van der Waals surface area contributed by atoms with Gasteiger partial charge in [0.2, 0.25) is 0 Å². The van der Waals surface area contributed by atoms with E-state index in [2.05, 4.69) is 5.32 Å². The lowest BCUT2D eigenvalue weighted by molar-refractivity contribution is -0.151. The molecule has 1 aliphatic rings. The van der Waals surface area contributed by atoms with Gasteiger partial charge in [-0.3, -0.25) is 19.3 Å². The largest absolute Gasteiger partial charge is 0.454 e. The summed E-state index contributed by atoms with van der Waals surface area (Å²) in [5, 5.41) is 2.26. The summed E-state index contributed by atoms with van der Waals surface area (Å²) in [5.74, 6) is -3.47. The van der Waals surface area contributed by atoms with Gasteiger partial charge in [-0.15, -0.1) is 0 Å². The zero-order valence-corrected chi connectivity index (χ0v) is 18.4. The Labute approximate surface area is 199 Å². The van der Waals surface area contributed by atoms with Gasteiger partial charge in [-0.25, -0.2) is 9.18 Å². The van der Waals surface area contributed by atoms with Crippen molar-refractivity contribution in [3.63, 3.8) is 0 Å². The molecule has 0 saturated heterocycles. The molecular formula is C25H18ClFN2O5. The maximum atomic E-state index is 13.3. The van der Waals surface area contributed by atoms with Crippen LogP contribution in [-0.4, -0.2) is 41.2 Å². The van der Waals surface area contributed by atoms with Gasteiger partial charge in [-0.2, -0.15) is 0 Å². The van der Waals surface area contributed by atoms with Gasteiger partial charge < -0.3 is 10.1 Å². The number of carbonyl (C=O) groups excluding carboxylic acids is 4. The van der Waals surface area contributed by atoms with Gasteiger partial charge >= 0.3 is 5.97 Å². The number of nitrogens with one attached hydrogen (secondary N) is 1. The number of nitrogens with zero attached hydrogens (tertiary/aromatic N) is 1. The van der Waals surface area contributed by atoms with E-state index in [1.54, 1.807) is 42.5 Å². The van der Waals surface area contributed by atoms with Crippen LogP contribution in [0.15, 0.2) is 72.8 Å². The maximum absolute atomic E-state index is 13.3. The summed E-state index contributed by atoms with van der Waals surface area (Å²) >= 11 is 5.70. The third-order valence-electron chi connectivity index (χ3n) is 5.23. The summed E-state index contributed by atoms with van der Waals surface area (Å²) in [6, 6.07) is 17.5. The standard InChI is InChI=1S/C25H18ClFN2O5/c26-19-13-16(10-11-20(19)27)28-22(30)14-34-25(33)21(12-15-6-2-1-3-7-15)29-23(31)17-8-4-5-9-18(17)24(29)32/h1-11,13,21H,12,14H2,(H,28,30)/t21-/m0/s1. The van der Waals surface area contributed by atoms with E-state index >= 15 is 0 Å². The fourth-order valence-electron chi connectivity index (χ4n) is 3.61. The molecule has 7 nitrogen and oxygen atoms in total. The highest BCUT2D eigenvalue weighted by atomic mass is 35.5. The van der Waals surface area contributed by atoms with E-state index in [0.29, 0.717) is 5.56 Å². The number of amides is 3. The van der Waals surface area contributed by atoms with Crippen molar-refractivity contribution < 1.29 is 28.3 Å². The van der Waals surface area contributed by atoms with Gasteiger partial charge in [0.05, 0.1) is 16.1 Å². The van der Waals surface area contributed by atoms with Crippen LogP contribution < -0.4 is 5.32 Å². The smallest absolute Gasteiger partial charge is 0.330 e. The van der Waals surface area contributed by atoms with E-state index in [9.17, 15) is 23.6 Å². The molecule has 0 radical (unpaired) electrons. The molecular weight excluding hydrogens is 463 g/mol. The monoisotopic (exact) mass is 480 g/mol. The summed E-state index contributed by atoms with van der Waals surface area (Å²) in [6.45, 7) is -0.678. The van der Waals surface area contributed by atoms with E-state index in [1.807, 2.05) is 0 Å². The van der Waals surface area contributed by atoms with Crippen LogP contribution in [0.4, 0.5) is 10.1 Å². The highest BCUT2D eigenvalue weighted by molar-refractivity contribution is 6.31. The molecule has 3 aromatic carbocycles. The summed E-state index contributed by atoms with van der Waals surface area (Å²) in [5.41, 5.74) is 1.31. The van der Waals surface area contributed by atoms with Crippen molar-refractivity contribution >= 4 is 41.0 Å². The van der Waals surface area contributed by atoms with E-state index in [-0.39, 0.29) is 28.3 Å². The predicted octanol–water partition coefficient (Wildman–Crippen LogP) is 3.87. The zero-order chi connectivity index (χ0) is 24.2.